The molecular formula is C28H23F6N3O2. The minimum absolute atomic E-state index is 0.0389. The molecule has 0 fully saturated rings. The molecule has 0 aliphatic carbocycles. The third-order valence-corrected chi connectivity index (χ3v) is 6.24. The smallest absolute Gasteiger partial charge is 0.361 e. The van der Waals surface area contributed by atoms with Gasteiger partial charge in [-0.25, -0.2) is 0 Å². The van der Waals surface area contributed by atoms with E-state index in [1.54, 1.807) is 18.3 Å². The summed E-state index contributed by atoms with van der Waals surface area (Å²) < 4.78 is 79.4. The van der Waals surface area contributed by atoms with Crippen molar-refractivity contribution < 1.29 is 35.9 Å². The minimum atomic E-state index is -4.99. The summed E-state index contributed by atoms with van der Waals surface area (Å²) >= 11 is 0. The highest BCUT2D eigenvalue weighted by atomic mass is 19.4. The summed E-state index contributed by atoms with van der Waals surface area (Å²) in [5.41, 5.74) is -0.970. The number of aromatic amines is 1. The first-order chi connectivity index (χ1) is 18.4. The van der Waals surface area contributed by atoms with Crippen molar-refractivity contribution in [3.8, 4) is 0 Å². The Balaban J connectivity index is 1.55. The second-order valence-electron chi connectivity index (χ2n) is 9.10. The number of H-pyrrole nitrogens is 1. The number of hydrogen-bond acceptors (Lipinski definition) is 3. The fourth-order valence-corrected chi connectivity index (χ4v) is 4.30. The van der Waals surface area contributed by atoms with E-state index in [1.165, 1.54) is 12.4 Å². The lowest BCUT2D eigenvalue weighted by molar-refractivity contribution is -0.143. The Morgan fingerprint density at radius 2 is 1.51 bits per heavy atom. The maximum atomic E-state index is 13.3. The van der Waals surface area contributed by atoms with Gasteiger partial charge < -0.3 is 10.3 Å². The summed E-state index contributed by atoms with van der Waals surface area (Å²) in [6.07, 6.45) is -5.94. The predicted molar refractivity (Wildman–Crippen MR) is 132 cm³/mol. The molecule has 0 saturated heterocycles. The van der Waals surface area contributed by atoms with Gasteiger partial charge in [-0.3, -0.25) is 14.6 Å². The first-order valence-electron chi connectivity index (χ1n) is 11.9. The van der Waals surface area contributed by atoms with Gasteiger partial charge in [0, 0.05) is 42.3 Å². The van der Waals surface area contributed by atoms with Crippen molar-refractivity contribution in [2.75, 3.05) is 0 Å². The highest BCUT2D eigenvalue weighted by Crippen LogP contribution is 2.36. The summed E-state index contributed by atoms with van der Waals surface area (Å²) in [6.45, 7) is 0. The third kappa shape index (κ3) is 7.24. The fraction of sp³-hybridized carbons (Fsp3) is 0.250. The van der Waals surface area contributed by atoms with Gasteiger partial charge in [0.15, 0.2) is 5.78 Å². The molecular weight excluding hydrogens is 524 g/mol. The molecule has 2 aromatic heterocycles. The minimum Gasteiger partial charge on any atom is -0.361 e. The number of nitrogens with one attached hydrogen (secondary N) is 2. The van der Waals surface area contributed by atoms with Crippen LogP contribution in [0.4, 0.5) is 26.3 Å². The molecule has 0 aliphatic rings. The van der Waals surface area contributed by atoms with Crippen molar-refractivity contribution >= 4 is 22.6 Å². The molecule has 39 heavy (non-hydrogen) atoms. The fourth-order valence-electron chi connectivity index (χ4n) is 4.30. The number of benzene rings is 2. The molecule has 2 aromatic carbocycles. The first kappa shape index (κ1) is 27.9. The normalized spacial score (nSPS) is 12.9. The number of carbonyl (C=O) groups is 2. The lowest BCUT2D eigenvalue weighted by atomic mass is 9.95. The lowest BCUT2D eigenvalue weighted by Gasteiger charge is -2.19. The van der Waals surface area contributed by atoms with Crippen LogP contribution in [0.25, 0.3) is 10.9 Å². The van der Waals surface area contributed by atoms with Crippen LogP contribution in [0.3, 0.4) is 0 Å². The summed E-state index contributed by atoms with van der Waals surface area (Å²) in [5.74, 6) is -0.979. The molecule has 2 heterocycles. The van der Waals surface area contributed by atoms with Crippen LogP contribution in [0.2, 0.25) is 0 Å². The number of hydrogen-bond donors (Lipinski definition) is 2. The summed E-state index contributed by atoms with van der Waals surface area (Å²) in [4.78, 5) is 33.0. The molecule has 1 atom stereocenters. The van der Waals surface area contributed by atoms with Crippen molar-refractivity contribution in [2.45, 2.75) is 44.1 Å². The largest absolute Gasteiger partial charge is 0.416 e. The zero-order valence-corrected chi connectivity index (χ0v) is 20.4. The number of nitrogens with zero attached hydrogens (tertiary/aromatic N) is 1. The van der Waals surface area contributed by atoms with E-state index in [0.29, 0.717) is 17.7 Å². The molecule has 4 rings (SSSR count). The monoisotopic (exact) mass is 547 g/mol. The number of para-hydroxylation sites is 1. The molecule has 1 unspecified atom stereocenters. The molecule has 0 saturated carbocycles. The van der Waals surface area contributed by atoms with Crippen LogP contribution in [0.1, 0.15) is 34.2 Å². The number of Topliss-reactive ketones (excluding diaryl/α,β-unsaturated/α-hetero) is 1. The van der Waals surface area contributed by atoms with Gasteiger partial charge in [-0.05, 0) is 59.5 Å². The Labute approximate surface area is 219 Å². The topological polar surface area (TPSA) is 74.8 Å². The zero-order chi connectivity index (χ0) is 28.2. The standard InChI is InChI=1S/C28H23F6N3O2/c29-27(30,31)20-11-18(12-21(15-20)28(32,33)34)5-6-25(38)24(37-26(39)13-17-7-9-35-10-8-17)14-19-16-36-23-4-2-1-3-22(19)23/h1-4,7-12,15-16,24,36H,5-6,13-14H2,(H,37,39). The summed E-state index contributed by atoms with van der Waals surface area (Å²) in [7, 11) is 0. The van der Waals surface area contributed by atoms with E-state index >= 15 is 0 Å². The quantitative estimate of drug-likeness (QED) is 0.250. The number of pyridine rings is 1. The van der Waals surface area contributed by atoms with Crippen LogP contribution in [-0.4, -0.2) is 27.7 Å². The van der Waals surface area contributed by atoms with Crippen molar-refractivity contribution in [1.29, 1.82) is 0 Å². The number of amides is 1. The number of ketones is 1. The van der Waals surface area contributed by atoms with Crippen molar-refractivity contribution in [2.24, 2.45) is 0 Å². The molecule has 0 bridgehead atoms. The SMILES string of the molecule is O=C(Cc1ccncc1)NC(Cc1c[nH]c2ccccc12)C(=O)CCc1cc(C(F)(F)F)cc(C(F)(F)F)c1. The van der Waals surface area contributed by atoms with Gasteiger partial charge in [-0.15, -0.1) is 0 Å². The Hall–Kier alpha value is -4.15. The maximum absolute atomic E-state index is 13.3. The van der Waals surface area contributed by atoms with Gasteiger partial charge in [0.2, 0.25) is 5.91 Å². The number of rotatable bonds is 9. The molecule has 4 aromatic rings. The van der Waals surface area contributed by atoms with E-state index < -0.39 is 41.2 Å². The molecule has 1 amide bonds. The second-order valence-corrected chi connectivity index (χ2v) is 9.10. The van der Waals surface area contributed by atoms with Gasteiger partial charge in [-0.1, -0.05) is 18.2 Å². The molecule has 204 valence electrons. The summed E-state index contributed by atoms with van der Waals surface area (Å²) in [5, 5.41) is 3.52. The lowest BCUT2D eigenvalue weighted by Crippen LogP contribution is -2.43. The number of aryl methyl sites for hydroxylation is 1. The van der Waals surface area contributed by atoms with Crippen molar-refractivity contribution in [1.82, 2.24) is 15.3 Å². The number of aromatic nitrogens is 2. The Morgan fingerprint density at radius 3 is 2.15 bits per heavy atom. The van der Waals surface area contributed by atoms with E-state index in [9.17, 15) is 35.9 Å². The second kappa shape index (κ2) is 11.3. The Morgan fingerprint density at radius 1 is 0.872 bits per heavy atom. The van der Waals surface area contributed by atoms with Crippen LogP contribution < -0.4 is 5.32 Å². The molecule has 2 N–H and O–H groups in total. The van der Waals surface area contributed by atoms with Crippen LogP contribution >= 0.6 is 0 Å². The molecule has 0 radical (unpaired) electrons. The van der Waals surface area contributed by atoms with Crippen LogP contribution in [0, 0.1) is 0 Å². The Kier molecular flexibility index (Phi) is 8.08. The van der Waals surface area contributed by atoms with E-state index in [2.05, 4.69) is 15.3 Å². The number of carbonyl (C=O) groups excluding carboxylic acids is 2. The van der Waals surface area contributed by atoms with Crippen LogP contribution in [0.5, 0.6) is 0 Å². The molecule has 0 spiro atoms. The average Bonchev–Trinajstić information content (AvgIpc) is 3.29. The van der Waals surface area contributed by atoms with Gasteiger partial charge in [0.05, 0.1) is 23.6 Å². The van der Waals surface area contributed by atoms with Crippen molar-refractivity contribution in [3.05, 3.63) is 101 Å². The summed E-state index contributed by atoms with van der Waals surface area (Å²) in [6, 6.07) is 10.8. The Bertz CT molecular complexity index is 1430. The van der Waals surface area contributed by atoms with Gasteiger partial charge >= 0.3 is 12.4 Å². The average molecular weight is 547 g/mol. The first-order valence-corrected chi connectivity index (χ1v) is 11.9. The highest BCUT2D eigenvalue weighted by molar-refractivity contribution is 5.91. The molecule has 11 heteroatoms. The van der Waals surface area contributed by atoms with Gasteiger partial charge in [0.25, 0.3) is 0 Å². The van der Waals surface area contributed by atoms with E-state index in [4.69, 9.17) is 0 Å². The maximum Gasteiger partial charge on any atom is 0.416 e. The number of fused-ring (bicyclic) bond motifs is 1. The number of alkyl halides is 6. The number of halogens is 6. The molecule has 5 nitrogen and oxygen atoms in total. The van der Waals surface area contributed by atoms with Crippen LogP contribution in [-0.2, 0) is 41.2 Å². The van der Waals surface area contributed by atoms with E-state index in [-0.39, 0.29) is 37.3 Å². The zero-order valence-electron chi connectivity index (χ0n) is 20.4. The van der Waals surface area contributed by atoms with E-state index in [1.807, 2.05) is 24.3 Å². The third-order valence-electron chi connectivity index (χ3n) is 6.24. The predicted octanol–water partition coefficient (Wildman–Crippen LogP) is 6.07. The van der Waals surface area contributed by atoms with Crippen molar-refractivity contribution in [3.63, 3.8) is 0 Å². The van der Waals surface area contributed by atoms with Crippen LogP contribution in [0.15, 0.2) is 73.2 Å². The highest BCUT2D eigenvalue weighted by Gasteiger charge is 2.37. The van der Waals surface area contributed by atoms with Gasteiger partial charge in [0.1, 0.15) is 0 Å². The van der Waals surface area contributed by atoms with E-state index in [0.717, 1.165) is 16.5 Å². The van der Waals surface area contributed by atoms with Gasteiger partial charge in [-0.2, -0.15) is 26.3 Å². The molecule has 0 aliphatic heterocycles.